The third kappa shape index (κ3) is 1.96. The lowest BCUT2D eigenvalue weighted by molar-refractivity contribution is -0.120. The second-order valence-electron chi connectivity index (χ2n) is 4.44. The van der Waals surface area contributed by atoms with Gasteiger partial charge in [-0.25, -0.2) is 0 Å². The second kappa shape index (κ2) is 4.17. The molecule has 1 aromatic rings. The first-order valence-electron chi connectivity index (χ1n) is 5.77. The minimum Gasteiger partial charge on any atom is -0.299 e. The van der Waals surface area contributed by atoms with Crippen LogP contribution in [0.2, 0.25) is 0 Å². The first-order valence-corrected chi connectivity index (χ1v) is 5.77. The predicted molar refractivity (Wildman–Crippen MR) is 58.7 cm³/mol. The molecule has 0 amide bonds. The summed E-state index contributed by atoms with van der Waals surface area (Å²) in [4.78, 5) is 11.5. The van der Waals surface area contributed by atoms with Crippen molar-refractivity contribution in [3.05, 3.63) is 18.0 Å². The van der Waals surface area contributed by atoms with Crippen LogP contribution in [0, 0.1) is 5.92 Å². The number of aromatic nitrogens is 2. The fraction of sp³-hybridized carbons (Fsp3) is 0.667. The molecule has 0 bridgehead atoms. The van der Waals surface area contributed by atoms with Gasteiger partial charge in [-0.05, 0) is 24.3 Å². The molecule has 0 radical (unpaired) electrons. The van der Waals surface area contributed by atoms with E-state index in [4.69, 9.17) is 0 Å². The van der Waals surface area contributed by atoms with Gasteiger partial charge in [0, 0.05) is 25.1 Å². The molecule has 15 heavy (non-hydrogen) atoms. The summed E-state index contributed by atoms with van der Waals surface area (Å²) in [5, 5.41) is 4.32. The highest BCUT2D eigenvalue weighted by molar-refractivity contribution is 5.84. The minimum absolute atomic E-state index is 0.185. The van der Waals surface area contributed by atoms with E-state index in [1.165, 1.54) is 5.56 Å². The first-order chi connectivity index (χ1) is 7.22. The van der Waals surface area contributed by atoms with E-state index >= 15 is 0 Å². The van der Waals surface area contributed by atoms with Crippen LogP contribution in [-0.2, 0) is 11.3 Å². The van der Waals surface area contributed by atoms with Crippen LogP contribution in [0.1, 0.15) is 44.6 Å². The van der Waals surface area contributed by atoms with Crippen LogP contribution in [0.15, 0.2) is 12.4 Å². The van der Waals surface area contributed by atoms with Crippen LogP contribution in [0.3, 0.4) is 0 Å². The third-order valence-electron chi connectivity index (χ3n) is 3.35. The van der Waals surface area contributed by atoms with Gasteiger partial charge in [0.05, 0.1) is 6.20 Å². The van der Waals surface area contributed by atoms with E-state index in [9.17, 15) is 4.79 Å². The predicted octanol–water partition coefficient (Wildman–Crippen LogP) is 2.38. The number of nitrogens with zero attached hydrogens (tertiary/aromatic N) is 2. The number of rotatable bonds is 3. The lowest BCUT2D eigenvalue weighted by Gasteiger charge is -2.10. The zero-order valence-electron chi connectivity index (χ0n) is 9.44. The van der Waals surface area contributed by atoms with E-state index in [0.717, 1.165) is 25.8 Å². The Bertz CT molecular complexity index is 356. The van der Waals surface area contributed by atoms with Gasteiger partial charge in [-0.1, -0.05) is 13.8 Å². The van der Waals surface area contributed by atoms with Crippen molar-refractivity contribution in [3.8, 4) is 0 Å². The van der Waals surface area contributed by atoms with Gasteiger partial charge in [0.15, 0.2) is 0 Å². The highest BCUT2D eigenvalue weighted by atomic mass is 16.1. The topological polar surface area (TPSA) is 34.9 Å². The molecule has 2 rings (SSSR count). The fourth-order valence-electron chi connectivity index (χ4n) is 2.38. The number of carbonyl (C=O) groups is 1. The molecule has 0 saturated heterocycles. The average Bonchev–Trinajstić information content (AvgIpc) is 2.77. The average molecular weight is 206 g/mol. The number of Topliss-reactive ketones (excluding diaryl/α,β-unsaturated/α-hetero) is 1. The Kier molecular flexibility index (Phi) is 2.89. The van der Waals surface area contributed by atoms with Gasteiger partial charge in [-0.2, -0.15) is 5.10 Å². The second-order valence-corrected chi connectivity index (χ2v) is 4.44. The Morgan fingerprint density at radius 1 is 1.60 bits per heavy atom. The zero-order valence-corrected chi connectivity index (χ0v) is 9.44. The van der Waals surface area contributed by atoms with Crippen molar-refractivity contribution in [1.82, 2.24) is 9.78 Å². The van der Waals surface area contributed by atoms with E-state index in [2.05, 4.69) is 18.2 Å². The van der Waals surface area contributed by atoms with E-state index in [-0.39, 0.29) is 5.92 Å². The lowest BCUT2D eigenvalue weighted by atomic mass is 9.92. The maximum Gasteiger partial charge on any atom is 0.136 e. The number of ketones is 1. The van der Waals surface area contributed by atoms with Gasteiger partial charge in [0.25, 0.3) is 0 Å². The molecule has 3 heteroatoms. The van der Waals surface area contributed by atoms with Crippen molar-refractivity contribution in [2.24, 2.45) is 5.92 Å². The molecule has 2 atom stereocenters. The van der Waals surface area contributed by atoms with Crippen LogP contribution >= 0.6 is 0 Å². The molecule has 0 N–H and O–H groups in total. The van der Waals surface area contributed by atoms with Crippen molar-refractivity contribution >= 4 is 5.78 Å². The Morgan fingerprint density at radius 3 is 3.00 bits per heavy atom. The summed E-state index contributed by atoms with van der Waals surface area (Å²) in [6.07, 6.45) is 6.86. The normalized spacial score (nSPS) is 26.1. The van der Waals surface area contributed by atoms with Gasteiger partial charge in [-0.3, -0.25) is 9.48 Å². The number of hydrogen-bond acceptors (Lipinski definition) is 2. The highest BCUT2D eigenvalue weighted by Crippen LogP contribution is 2.36. The summed E-state index contributed by atoms with van der Waals surface area (Å²) in [6.45, 7) is 5.15. The number of aryl methyl sites for hydroxylation is 1. The minimum atomic E-state index is 0.185. The summed E-state index contributed by atoms with van der Waals surface area (Å²) in [6, 6.07) is 0. The molecule has 82 valence electrons. The summed E-state index contributed by atoms with van der Waals surface area (Å²) in [5.74, 6) is 0.996. The standard InChI is InChI=1S/C12H18N2O/c1-3-6-14-8-10(7-13-14)11-4-5-12(15)9(11)2/h7-9,11H,3-6H2,1-2H3. The summed E-state index contributed by atoms with van der Waals surface area (Å²) >= 11 is 0. The molecule has 0 aliphatic heterocycles. The molecule has 0 spiro atoms. The summed E-state index contributed by atoms with van der Waals surface area (Å²) in [7, 11) is 0. The summed E-state index contributed by atoms with van der Waals surface area (Å²) < 4.78 is 1.98. The Hall–Kier alpha value is -1.12. The molecule has 1 aliphatic rings. The molecule has 0 aromatic carbocycles. The Morgan fingerprint density at radius 2 is 2.40 bits per heavy atom. The first kappa shape index (κ1) is 10.4. The maximum atomic E-state index is 11.5. The largest absolute Gasteiger partial charge is 0.299 e. The van der Waals surface area contributed by atoms with Gasteiger partial charge in [0.1, 0.15) is 5.78 Å². The van der Waals surface area contributed by atoms with E-state index in [1.54, 1.807) is 0 Å². The smallest absolute Gasteiger partial charge is 0.136 e. The van der Waals surface area contributed by atoms with E-state index < -0.39 is 0 Å². The van der Waals surface area contributed by atoms with Crippen molar-refractivity contribution in [3.63, 3.8) is 0 Å². The van der Waals surface area contributed by atoms with E-state index in [1.807, 2.05) is 17.8 Å². The van der Waals surface area contributed by atoms with Crippen LogP contribution in [0.25, 0.3) is 0 Å². The highest BCUT2D eigenvalue weighted by Gasteiger charge is 2.32. The molecule has 1 aromatic heterocycles. The molecular weight excluding hydrogens is 188 g/mol. The van der Waals surface area contributed by atoms with Gasteiger partial charge in [-0.15, -0.1) is 0 Å². The van der Waals surface area contributed by atoms with E-state index in [0.29, 0.717) is 11.7 Å². The van der Waals surface area contributed by atoms with Crippen LogP contribution in [-0.4, -0.2) is 15.6 Å². The fourth-order valence-corrected chi connectivity index (χ4v) is 2.38. The van der Waals surface area contributed by atoms with Gasteiger partial charge >= 0.3 is 0 Å². The molecule has 1 saturated carbocycles. The zero-order chi connectivity index (χ0) is 10.8. The van der Waals surface area contributed by atoms with Crippen LogP contribution in [0.4, 0.5) is 0 Å². The lowest BCUT2D eigenvalue weighted by Crippen LogP contribution is -2.08. The Balaban J connectivity index is 2.12. The van der Waals surface area contributed by atoms with Gasteiger partial charge in [0.2, 0.25) is 0 Å². The maximum absolute atomic E-state index is 11.5. The third-order valence-corrected chi connectivity index (χ3v) is 3.35. The van der Waals surface area contributed by atoms with Crippen molar-refractivity contribution in [2.75, 3.05) is 0 Å². The van der Waals surface area contributed by atoms with Crippen LogP contribution in [0.5, 0.6) is 0 Å². The number of carbonyl (C=O) groups excluding carboxylic acids is 1. The number of hydrogen-bond donors (Lipinski definition) is 0. The summed E-state index contributed by atoms with van der Waals surface area (Å²) in [5.41, 5.74) is 1.24. The molecule has 1 fully saturated rings. The quantitative estimate of drug-likeness (QED) is 0.761. The van der Waals surface area contributed by atoms with Crippen molar-refractivity contribution in [2.45, 2.75) is 45.6 Å². The van der Waals surface area contributed by atoms with Crippen molar-refractivity contribution in [1.29, 1.82) is 0 Å². The van der Waals surface area contributed by atoms with Crippen LogP contribution < -0.4 is 0 Å². The molecule has 1 heterocycles. The SMILES string of the molecule is CCCn1cc(C2CCC(=O)C2C)cn1. The van der Waals surface area contributed by atoms with Crippen molar-refractivity contribution < 1.29 is 4.79 Å². The van der Waals surface area contributed by atoms with Gasteiger partial charge < -0.3 is 0 Å². The Labute approximate surface area is 90.5 Å². The molecule has 2 unspecified atom stereocenters. The molecule has 3 nitrogen and oxygen atoms in total. The molecule has 1 aliphatic carbocycles. The monoisotopic (exact) mass is 206 g/mol. The molecular formula is C12H18N2O.